The highest BCUT2D eigenvalue weighted by molar-refractivity contribution is 6.17. The van der Waals surface area contributed by atoms with Crippen LogP contribution in [0.3, 0.4) is 0 Å². The van der Waals surface area contributed by atoms with Crippen molar-refractivity contribution >= 4 is 11.6 Å². The zero-order valence-electron chi connectivity index (χ0n) is 9.30. The predicted octanol–water partition coefficient (Wildman–Crippen LogP) is 2.52. The van der Waals surface area contributed by atoms with Gasteiger partial charge in [-0.2, -0.15) is 4.98 Å². The third-order valence-corrected chi connectivity index (χ3v) is 2.70. The third kappa shape index (κ3) is 2.97. The van der Waals surface area contributed by atoms with Gasteiger partial charge in [0, 0.05) is 18.6 Å². The molecule has 5 heteroatoms. The zero-order chi connectivity index (χ0) is 12.1. The lowest BCUT2D eigenvalue weighted by atomic mass is 10.3. The van der Waals surface area contributed by atoms with Crippen molar-refractivity contribution in [3.05, 3.63) is 41.1 Å². The Hall–Kier alpha value is -1.55. The summed E-state index contributed by atoms with van der Waals surface area (Å²) in [6.45, 7) is 0.650. The van der Waals surface area contributed by atoms with Crippen molar-refractivity contribution < 1.29 is 4.42 Å². The molecule has 0 bridgehead atoms. The highest BCUT2D eigenvalue weighted by atomic mass is 35.5. The Morgan fingerprint density at radius 2 is 2.24 bits per heavy atom. The molecule has 0 aliphatic rings. The summed E-state index contributed by atoms with van der Waals surface area (Å²) in [5.74, 6) is 1.22. The summed E-state index contributed by atoms with van der Waals surface area (Å²) in [5, 5.41) is 0. The number of hydrogen-bond donors (Lipinski definition) is 0. The van der Waals surface area contributed by atoms with E-state index in [0.29, 0.717) is 23.9 Å². The maximum atomic E-state index is 11.7. The lowest BCUT2D eigenvalue weighted by Gasteiger charge is -2.04. The molecule has 0 saturated carbocycles. The van der Waals surface area contributed by atoms with Gasteiger partial charge in [-0.05, 0) is 31.0 Å². The number of aryl methyl sites for hydroxylation is 1. The Morgan fingerprint density at radius 1 is 1.35 bits per heavy atom. The van der Waals surface area contributed by atoms with E-state index in [4.69, 9.17) is 16.0 Å². The van der Waals surface area contributed by atoms with Gasteiger partial charge in [-0.25, -0.2) is 4.79 Å². The van der Waals surface area contributed by atoms with Crippen LogP contribution in [-0.2, 0) is 6.54 Å². The predicted molar refractivity (Wildman–Crippen MR) is 66.2 cm³/mol. The molecule has 0 spiro atoms. The fourth-order valence-corrected chi connectivity index (χ4v) is 1.73. The number of nitrogens with zero attached hydrogens (tertiary/aromatic N) is 2. The van der Waals surface area contributed by atoms with E-state index in [1.165, 1.54) is 0 Å². The van der Waals surface area contributed by atoms with Crippen LogP contribution >= 0.6 is 11.6 Å². The van der Waals surface area contributed by atoms with E-state index in [1.807, 2.05) is 0 Å². The van der Waals surface area contributed by atoms with Gasteiger partial charge in [-0.1, -0.05) is 0 Å². The summed E-state index contributed by atoms with van der Waals surface area (Å²) in [5.41, 5.74) is 0.307. The summed E-state index contributed by atoms with van der Waals surface area (Å²) in [4.78, 5) is 15.7. The average Bonchev–Trinajstić information content (AvgIpc) is 2.85. The number of hydrogen-bond acceptors (Lipinski definition) is 3. The molecule has 0 radical (unpaired) electrons. The first kappa shape index (κ1) is 11.9. The van der Waals surface area contributed by atoms with Crippen molar-refractivity contribution in [1.29, 1.82) is 0 Å². The van der Waals surface area contributed by atoms with E-state index in [2.05, 4.69) is 4.98 Å². The van der Waals surface area contributed by atoms with Gasteiger partial charge in [0.15, 0.2) is 5.76 Å². The van der Waals surface area contributed by atoms with Crippen LogP contribution in [0.1, 0.15) is 12.8 Å². The summed E-state index contributed by atoms with van der Waals surface area (Å²) in [6.07, 6.45) is 5.07. The molecule has 0 unspecified atom stereocenters. The maximum absolute atomic E-state index is 11.7. The van der Waals surface area contributed by atoms with E-state index in [-0.39, 0.29) is 5.69 Å². The molecule has 0 fully saturated rings. The molecule has 17 heavy (non-hydrogen) atoms. The minimum atomic E-state index is -0.256. The van der Waals surface area contributed by atoms with Crippen molar-refractivity contribution in [3.63, 3.8) is 0 Å². The zero-order valence-corrected chi connectivity index (χ0v) is 10.1. The van der Waals surface area contributed by atoms with Crippen LogP contribution in [0.5, 0.6) is 0 Å². The van der Waals surface area contributed by atoms with Crippen LogP contribution in [0.25, 0.3) is 11.5 Å². The van der Waals surface area contributed by atoms with Crippen LogP contribution in [0, 0.1) is 0 Å². The normalized spacial score (nSPS) is 10.6. The molecule has 90 valence electrons. The van der Waals surface area contributed by atoms with E-state index in [0.717, 1.165) is 12.8 Å². The number of furan rings is 1. The Balaban J connectivity index is 2.15. The topological polar surface area (TPSA) is 48.0 Å². The van der Waals surface area contributed by atoms with Crippen LogP contribution in [0.4, 0.5) is 0 Å². The highest BCUT2D eigenvalue weighted by Gasteiger charge is 2.04. The Kier molecular flexibility index (Phi) is 3.98. The fraction of sp³-hybridized carbons (Fsp3) is 0.333. The van der Waals surface area contributed by atoms with Crippen LogP contribution in [0.15, 0.2) is 39.9 Å². The Labute approximate surface area is 104 Å². The van der Waals surface area contributed by atoms with E-state index >= 15 is 0 Å². The molecule has 0 N–H and O–H groups in total. The van der Waals surface area contributed by atoms with Crippen LogP contribution < -0.4 is 5.69 Å². The molecule has 0 saturated heterocycles. The second-order valence-electron chi connectivity index (χ2n) is 3.66. The average molecular weight is 253 g/mol. The quantitative estimate of drug-likeness (QED) is 0.607. The molecular formula is C12H13ClN2O2. The second kappa shape index (κ2) is 5.68. The maximum Gasteiger partial charge on any atom is 0.348 e. The van der Waals surface area contributed by atoms with Gasteiger partial charge < -0.3 is 4.42 Å². The molecule has 2 aromatic heterocycles. The SMILES string of the molecule is O=c1nc(-c2ccco2)ccn1CCCCCl. The van der Waals surface area contributed by atoms with Gasteiger partial charge in [0.25, 0.3) is 0 Å². The molecule has 2 aromatic rings. The summed E-state index contributed by atoms with van der Waals surface area (Å²) >= 11 is 5.58. The van der Waals surface area contributed by atoms with Gasteiger partial charge in [-0.15, -0.1) is 11.6 Å². The highest BCUT2D eigenvalue weighted by Crippen LogP contribution is 2.14. The molecule has 0 atom stereocenters. The van der Waals surface area contributed by atoms with Gasteiger partial charge >= 0.3 is 5.69 Å². The van der Waals surface area contributed by atoms with E-state index in [1.54, 1.807) is 35.2 Å². The molecule has 0 amide bonds. The van der Waals surface area contributed by atoms with Crippen molar-refractivity contribution in [2.24, 2.45) is 0 Å². The summed E-state index contributed by atoms with van der Waals surface area (Å²) in [6, 6.07) is 5.32. The first-order valence-electron chi connectivity index (χ1n) is 5.48. The Morgan fingerprint density at radius 3 is 2.88 bits per heavy atom. The van der Waals surface area contributed by atoms with Gasteiger partial charge in [0.1, 0.15) is 5.69 Å². The number of aromatic nitrogens is 2. The summed E-state index contributed by atoms with van der Waals surface area (Å²) < 4.78 is 6.77. The first-order valence-corrected chi connectivity index (χ1v) is 6.02. The van der Waals surface area contributed by atoms with Gasteiger partial charge in [0.2, 0.25) is 0 Å². The van der Waals surface area contributed by atoms with Gasteiger partial charge in [0.05, 0.1) is 6.26 Å². The number of alkyl halides is 1. The standard InChI is InChI=1S/C12H13ClN2O2/c13-6-1-2-7-15-8-5-10(14-12(15)16)11-4-3-9-17-11/h3-5,8-9H,1-2,6-7H2. The van der Waals surface area contributed by atoms with Crippen LogP contribution in [-0.4, -0.2) is 15.4 Å². The Bertz CT molecular complexity index is 520. The van der Waals surface area contributed by atoms with Crippen molar-refractivity contribution in [2.75, 3.05) is 5.88 Å². The molecule has 4 nitrogen and oxygen atoms in total. The molecule has 0 aliphatic heterocycles. The molecule has 0 aromatic carbocycles. The number of rotatable bonds is 5. The first-order chi connectivity index (χ1) is 8.31. The van der Waals surface area contributed by atoms with E-state index < -0.39 is 0 Å². The van der Waals surface area contributed by atoms with Crippen molar-refractivity contribution in [2.45, 2.75) is 19.4 Å². The van der Waals surface area contributed by atoms with Crippen molar-refractivity contribution in [3.8, 4) is 11.5 Å². The molecule has 2 rings (SSSR count). The second-order valence-corrected chi connectivity index (χ2v) is 4.04. The number of unbranched alkanes of at least 4 members (excludes halogenated alkanes) is 1. The minimum absolute atomic E-state index is 0.256. The molecule has 2 heterocycles. The third-order valence-electron chi connectivity index (χ3n) is 2.43. The van der Waals surface area contributed by atoms with E-state index in [9.17, 15) is 4.79 Å². The monoisotopic (exact) mass is 252 g/mol. The molecular weight excluding hydrogens is 240 g/mol. The summed E-state index contributed by atoms with van der Waals surface area (Å²) in [7, 11) is 0. The smallest absolute Gasteiger partial charge is 0.348 e. The van der Waals surface area contributed by atoms with Crippen molar-refractivity contribution in [1.82, 2.24) is 9.55 Å². The van der Waals surface area contributed by atoms with Crippen LogP contribution in [0.2, 0.25) is 0 Å². The molecule has 0 aliphatic carbocycles. The number of halogens is 1. The minimum Gasteiger partial charge on any atom is -0.463 e. The lowest BCUT2D eigenvalue weighted by molar-refractivity contribution is 0.573. The largest absolute Gasteiger partial charge is 0.463 e. The lowest BCUT2D eigenvalue weighted by Crippen LogP contribution is -2.22. The fourth-order valence-electron chi connectivity index (χ4n) is 1.54. The van der Waals surface area contributed by atoms with Gasteiger partial charge in [-0.3, -0.25) is 4.57 Å².